The molecule has 1 spiro atoms. The Morgan fingerprint density at radius 3 is 2.53 bits per heavy atom. The van der Waals surface area contributed by atoms with Gasteiger partial charge in [-0.3, -0.25) is 4.90 Å². The van der Waals surface area contributed by atoms with Crippen LogP contribution in [0.3, 0.4) is 0 Å². The van der Waals surface area contributed by atoms with Crippen molar-refractivity contribution in [3.8, 4) is 0 Å². The zero-order valence-electron chi connectivity index (χ0n) is 11.7. The molecule has 0 bridgehead atoms. The number of rotatable bonds is 3. The van der Waals surface area contributed by atoms with E-state index in [4.69, 9.17) is 0 Å². The largest absolute Gasteiger partial charge is 0.299 e. The summed E-state index contributed by atoms with van der Waals surface area (Å²) in [5.74, 6) is 0.939. The molecule has 104 valence electrons. The van der Waals surface area contributed by atoms with Gasteiger partial charge in [-0.25, -0.2) is 0 Å². The summed E-state index contributed by atoms with van der Waals surface area (Å²) in [5, 5.41) is 1.21. The predicted molar refractivity (Wildman–Crippen MR) is 84.5 cm³/mol. The highest BCUT2D eigenvalue weighted by Gasteiger charge is 2.40. The molecule has 3 rings (SSSR count). The number of hydrogen-bond donors (Lipinski definition) is 0. The Bertz CT molecular complexity index is 395. The highest BCUT2D eigenvalue weighted by molar-refractivity contribution is 9.09. The molecule has 1 aliphatic heterocycles. The molecule has 0 unspecified atom stereocenters. The van der Waals surface area contributed by atoms with Crippen LogP contribution in [-0.2, 0) is 6.54 Å². The molecule has 1 aromatic rings. The summed E-state index contributed by atoms with van der Waals surface area (Å²) in [4.78, 5) is 2.67. The van der Waals surface area contributed by atoms with Gasteiger partial charge in [-0.2, -0.15) is 0 Å². The Kier molecular flexibility index (Phi) is 4.28. The van der Waals surface area contributed by atoms with Crippen LogP contribution in [0.5, 0.6) is 0 Å². The van der Waals surface area contributed by atoms with Crippen LogP contribution in [0, 0.1) is 11.3 Å². The molecule has 0 N–H and O–H groups in total. The van der Waals surface area contributed by atoms with Crippen LogP contribution in [0.1, 0.15) is 37.7 Å². The third kappa shape index (κ3) is 3.22. The maximum absolute atomic E-state index is 3.65. The number of nitrogens with zero attached hydrogens (tertiary/aromatic N) is 1. The Hall–Kier alpha value is -0.340. The second-order valence-electron chi connectivity index (χ2n) is 6.54. The smallest absolute Gasteiger partial charge is 0.0233 e. The summed E-state index contributed by atoms with van der Waals surface area (Å²) in [5.41, 5.74) is 2.13. The van der Waals surface area contributed by atoms with E-state index >= 15 is 0 Å². The fraction of sp³-hybridized carbons (Fsp3) is 0.647. The van der Waals surface area contributed by atoms with Crippen molar-refractivity contribution in [3.05, 3.63) is 35.9 Å². The Morgan fingerprint density at radius 1 is 1.11 bits per heavy atom. The minimum Gasteiger partial charge on any atom is -0.299 e. The van der Waals surface area contributed by atoms with E-state index in [9.17, 15) is 0 Å². The number of hydrogen-bond acceptors (Lipinski definition) is 1. The topological polar surface area (TPSA) is 3.24 Å². The molecule has 1 heterocycles. The lowest BCUT2D eigenvalue weighted by Crippen LogP contribution is -2.31. The van der Waals surface area contributed by atoms with E-state index in [1.807, 2.05) is 0 Å². The molecule has 1 aliphatic carbocycles. The van der Waals surface area contributed by atoms with Crippen LogP contribution in [0.4, 0.5) is 0 Å². The van der Waals surface area contributed by atoms with E-state index in [-0.39, 0.29) is 0 Å². The van der Waals surface area contributed by atoms with E-state index in [2.05, 4.69) is 51.2 Å². The molecule has 1 saturated carbocycles. The average molecular weight is 322 g/mol. The molecular weight excluding hydrogens is 298 g/mol. The van der Waals surface area contributed by atoms with Gasteiger partial charge < -0.3 is 0 Å². The van der Waals surface area contributed by atoms with Gasteiger partial charge >= 0.3 is 0 Å². The average Bonchev–Trinajstić information content (AvgIpc) is 2.84. The van der Waals surface area contributed by atoms with Crippen LogP contribution in [0.15, 0.2) is 30.3 Å². The fourth-order valence-corrected chi connectivity index (χ4v) is 4.50. The Labute approximate surface area is 125 Å². The molecule has 2 heteroatoms. The summed E-state index contributed by atoms with van der Waals surface area (Å²) in [6.07, 6.45) is 7.20. The normalized spacial score (nSPS) is 31.9. The monoisotopic (exact) mass is 321 g/mol. The highest BCUT2D eigenvalue weighted by atomic mass is 79.9. The molecule has 0 radical (unpaired) electrons. The van der Waals surface area contributed by atoms with Crippen molar-refractivity contribution in [3.63, 3.8) is 0 Å². The predicted octanol–water partition coefficient (Wildman–Crippen LogP) is 4.46. The van der Waals surface area contributed by atoms with E-state index in [0.29, 0.717) is 5.41 Å². The van der Waals surface area contributed by atoms with Crippen molar-refractivity contribution in [2.24, 2.45) is 11.3 Å². The lowest BCUT2D eigenvalue weighted by atomic mass is 9.70. The molecular formula is C17H24BrN. The van der Waals surface area contributed by atoms with E-state index < -0.39 is 0 Å². The van der Waals surface area contributed by atoms with E-state index in [1.54, 1.807) is 0 Å². The van der Waals surface area contributed by atoms with Gasteiger partial charge in [-0.1, -0.05) is 46.3 Å². The summed E-state index contributed by atoms with van der Waals surface area (Å²) in [6.45, 7) is 3.77. The fourth-order valence-electron chi connectivity index (χ4n) is 3.86. The SMILES string of the molecule is BrCC1CCC2(CC1)CCN(Cc1ccccc1)C2. The zero-order chi connectivity index (χ0) is 13.1. The van der Waals surface area contributed by atoms with Crippen molar-refractivity contribution >= 4 is 15.9 Å². The third-order valence-corrected chi connectivity index (χ3v) is 6.07. The lowest BCUT2D eigenvalue weighted by molar-refractivity contribution is 0.157. The first-order valence-electron chi connectivity index (χ1n) is 7.62. The lowest BCUT2D eigenvalue weighted by Gasteiger charge is -2.37. The quantitative estimate of drug-likeness (QED) is 0.743. The Balaban J connectivity index is 1.56. The maximum atomic E-state index is 3.65. The van der Waals surface area contributed by atoms with Gasteiger partial charge in [0.25, 0.3) is 0 Å². The second kappa shape index (κ2) is 5.97. The third-order valence-electron chi connectivity index (χ3n) is 5.15. The van der Waals surface area contributed by atoms with Gasteiger partial charge in [0.1, 0.15) is 0 Å². The number of halogens is 1. The molecule has 1 saturated heterocycles. The van der Waals surface area contributed by atoms with Crippen LogP contribution in [0.2, 0.25) is 0 Å². The molecule has 0 atom stereocenters. The highest BCUT2D eigenvalue weighted by Crippen LogP contribution is 2.46. The van der Waals surface area contributed by atoms with Crippen LogP contribution < -0.4 is 0 Å². The standard InChI is InChI=1S/C17H24BrN/c18-12-15-6-8-17(9-7-15)10-11-19(14-17)13-16-4-2-1-3-5-16/h1-5,15H,6-14H2. The second-order valence-corrected chi connectivity index (χ2v) is 7.19. The van der Waals surface area contributed by atoms with Crippen molar-refractivity contribution in [2.45, 2.75) is 38.6 Å². The van der Waals surface area contributed by atoms with Gasteiger partial charge in [0.05, 0.1) is 0 Å². The minimum atomic E-state index is 0.660. The summed E-state index contributed by atoms with van der Waals surface area (Å²) in [7, 11) is 0. The number of likely N-dealkylation sites (tertiary alicyclic amines) is 1. The van der Waals surface area contributed by atoms with Crippen molar-refractivity contribution in [1.82, 2.24) is 4.90 Å². The van der Waals surface area contributed by atoms with Gasteiger partial charge in [0, 0.05) is 18.4 Å². The van der Waals surface area contributed by atoms with E-state index in [1.165, 1.54) is 56.1 Å². The molecule has 1 aromatic carbocycles. The van der Waals surface area contributed by atoms with Gasteiger partial charge in [-0.15, -0.1) is 0 Å². The molecule has 2 fully saturated rings. The van der Waals surface area contributed by atoms with Crippen LogP contribution in [-0.4, -0.2) is 23.3 Å². The van der Waals surface area contributed by atoms with Crippen molar-refractivity contribution in [2.75, 3.05) is 18.4 Å². The van der Waals surface area contributed by atoms with Crippen molar-refractivity contribution < 1.29 is 0 Å². The molecule has 2 aliphatic rings. The maximum Gasteiger partial charge on any atom is 0.0233 e. The zero-order valence-corrected chi connectivity index (χ0v) is 13.2. The van der Waals surface area contributed by atoms with Crippen molar-refractivity contribution in [1.29, 1.82) is 0 Å². The van der Waals surface area contributed by atoms with Gasteiger partial charge in [-0.05, 0) is 55.5 Å². The van der Waals surface area contributed by atoms with Gasteiger partial charge in [0.2, 0.25) is 0 Å². The minimum absolute atomic E-state index is 0.660. The summed E-state index contributed by atoms with van der Waals surface area (Å²) in [6, 6.07) is 10.9. The molecule has 19 heavy (non-hydrogen) atoms. The van der Waals surface area contributed by atoms with Crippen LogP contribution in [0.25, 0.3) is 0 Å². The first-order chi connectivity index (χ1) is 9.30. The Morgan fingerprint density at radius 2 is 1.84 bits per heavy atom. The summed E-state index contributed by atoms with van der Waals surface area (Å²) < 4.78 is 0. The first-order valence-corrected chi connectivity index (χ1v) is 8.74. The molecule has 0 amide bonds. The molecule has 1 nitrogen and oxygen atoms in total. The summed E-state index contributed by atoms with van der Waals surface area (Å²) >= 11 is 3.65. The van der Waals surface area contributed by atoms with Crippen LogP contribution >= 0.6 is 15.9 Å². The first kappa shape index (κ1) is 13.6. The molecule has 0 aromatic heterocycles. The van der Waals surface area contributed by atoms with Gasteiger partial charge in [0.15, 0.2) is 0 Å². The number of benzene rings is 1. The number of alkyl halides is 1. The van der Waals surface area contributed by atoms with E-state index in [0.717, 1.165) is 12.5 Å².